The summed E-state index contributed by atoms with van der Waals surface area (Å²) in [4.78, 5) is 0. The highest BCUT2D eigenvalue weighted by atomic mass is 32.2. The van der Waals surface area contributed by atoms with Gasteiger partial charge in [0.05, 0.1) is 15.7 Å². The second kappa shape index (κ2) is 5.10. The SMILES string of the molecule is CC(C)(C)S(=O)NCc1cc(C2CC2)ccc1F. The zero-order chi connectivity index (χ0) is 13.3. The fraction of sp³-hybridized carbons (Fsp3) is 0.571. The van der Waals surface area contributed by atoms with Crippen LogP contribution in [0.3, 0.4) is 0 Å². The summed E-state index contributed by atoms with van der Waals surface area (Å²) in [6.07, 6.45) is 2.40. The molecule has 0 bridgehead atoms. The van der Waals surface area contributed by atoms with Crippen LogP contribution in [-0.4, -0.2) is 8.96 Å². The molecule has 1 atom stereocenters. The summed E-state index contributed by atoms with van der Waals surface area (Å²) in [5, 5.41) is 0. The van der Waals surface area contributed by atoms with Gasteiger partial charge < -0.3 is 0 Å². The molecule has 4 heteroatoms. The highest BCUT2D eigenvalue weighted by Gasteiger charge is 2.24. The molecule has 1 saturated carbocycles. The number of nitrogens with one attached hydrogen (secondary N) is 1. The van der Waals surface area contributed by atoms with Gasteiger partial charge >= 0.3 is 0 Å². The third-order valence-electron chi connectivity index (χ3n) is 3.07. The van der Waals surface area contributed by atoms with Crippen molar-refractivity contribution in [2.24, 2.45) is 0 Å². The average molecular weight is 269 g/mol. The van der Waals surface area contributed by atoms with Gasteiger partial charge in [0.2, 0.25) is 0 Å². The van der Waals surface area contributed by atoms with E-state index in [9.17, 15) is 8.60 Å². The predicted molar refractivity (Wildman–Crippen MR) is 73.1 cm³/mol. The maximum atomic E-state index is 13.7. The Bertz CT molecular complexity index is 463. The van der Waals surface area contributed by atoms with Gasteiger partial charge in [-0.2, -0.15) is 0 Å². The largest absolute Gasteiger partial charge is 0.242 e. The number of hydrogen-bond acceptors (Lipinski definition) is 1. The summed E-state index contributed by atoms with van der Waals surface area (Å²) in [5.74, 6) is 0.385. The quantitative estimate of drug-likeness (QED) is 0.893. The molecule has 0 aromatic heterocycles. The molecular formula is C14H20FNOS. The van der Waals surface area contributed by atoms with Crippen molar-refractivity contribution in [1.82, 2.24) is 4.72 Å². The first-order valence-corrected chi connectivity index (χ1v) is 7.46. The van der Waals surface area contributed by atoms with Crippen molar-refractivity contribution in [3.63, 3.8) is 0 Å². The van der Waals surface area contributed by atoms with Crippen LogP contribution in [0.5, 0.6) is 0 Å². The van der Waals surface area contributed by atoms with Crippen molar-refractivity contribution < 1.29 is 8.60 Å². The third kappa shape index (κ3) is 3.39. The Hall–Kier alpha value is -0.740. The zero-order valence-corrected chi connectivity index (χ0v) is 11.9. The number of rotatable bonds is 4. The van der Waals surface area contributed by atoms with Crippen molar-refractivity contribution in [3.8, 4) is 0 Å². The monoisotopic (exact) mass is 269 g/mol. The van der Waals surface area contributed by atoms with E-state index in [4.69, 9.17) is 0 Å². The molecule has 0 amide bonds. The molecule has 1 fully saturated rings. The molecule has 2 nitrogen and oxygen atoms in total. The van der Waals surface area contributed by atoms with Crippen LogP contribution in [0.2, 0.25) is 0 Å². The summed E-state index contributed by atoms with van der Waals surface area (Å²) in [7, 11) is -1.16. The standard InChI is InChI=1S/C14H20FNOS/c1-14(2,3)18(17)16-9-12-8-11(10-4-5-10)6-7-13(12)15/h6-8,10,16H,4-5,9H2,1-3H3. The van der Waals surface area contributed by atoms with Gasteiger partial charge in [0.15, 0.2) is 0 Å². The lowest BCUT2D eigenvalue weighted by molar-refractivity contribution is 0.600. The lowest BCUT2D eigenvalue weighted by Gasteiger charge is -2.18. The summed E-state index contributed by atoms with van der Waals surface area (Å²) >= 11 is 0. The molecule has 0 heterocycles. The topological polar surface area (TPSA) is 29.1 Å². The summed E-state index contributed by atoms with van der Waals surface area (Å²) < 4.78 is 28.1. The van der Waals surface area contributed by atoms with E-state index in [1.807, 2.05) is 32.9 Å². The Morgan fingerprint density at radius 3 is 2.61 bits per heavy atom. The molecule has 100 valence electrons. The van der Waals surface area contributed by atoms with E-state index in [0.29, 0.717) is 18.0 Å². The smallest absolute Gasteiger partial charge is 0.127 e. The van der Waals surface area contributed by atoms with E-state index in [1.165, 1.54) is 24.5 Å². The minimum atomic E-state index is -1.16. The second-order valence-electron chi connectivity index (χ2n) is 5.83. The van der Waals surface area contributed by atoms with Crippen molar-refractivity contribution in [1.29, 1.82) is 0 Å². The van der Waals surface area contributed by atoms with Crippen LogP contribution in [0.4, 0.5) is 4.39 Å². The Kier molecular flexibility index (Phi) is 3.87. The van der Waals surface area contributed by atoms with Gasteiger partial charge in [-0.1, -0.05) is 12.1 Å². The van der Waals surface area contributed by atoms with E-state index in [-0.39, 0.29) is 10.6 Å². The fourth-order valence-electron chi connectivity index (χ4n) is 1.76. The highest BCUT2D eigenvalue weighted by Crippen LogP contribution is 2.40. The molecule has 0 saturated heterocycles. The Morgan fingerprint density at radius 1 is 1.39 bits per heavy atom. The van der Waals surface area contributed by atoms with Crippen molar-refractivity contribution in [3.05, 3.63) is 35.1 Å². The third-order valence-corrected chi connectivity index (χ3v) is 4.59. The summed E-state index contributed by atoms with van der Waals surface area (Å²) in [5.41, 5.74) is 1.81. The molecule has 18 heavy (non-hydrogen) atoms. The van der Waals surface area contributed by atoms with E-state index in [1.54, 1.807) is 0 Å². The Labute approximate surface area is 111 Å². The van der Waals surface area contributed by atoms with Gasteiger partial charge in [0.25, 0.3) is 0 Å². The van der Waals surface area contributed by atoms with Gasteiger partial charge in [0.1, 0.15) is 5.82 Å². The van der Waals surface area contributed by atoms with Gasteiger partial charge in [-0.25, -0.2) is 13.3 Å². The van der Waals surface area contributed by atoms with E-state index < -0.39 is 11.0 Å². The van der Waals surface area contributed by atoms with Gasteiger partial charge in [-0.05, 0) is 51.2 Å². The minimum Gasteiger partial charge on any atom is -0.242 e. The van der Waals surface area contributed by atoms with E-state index in [2.05, 4.69) is 4.72 Å². The van der Waals surface area contributed by atoms with Gasteiger partial charge in [-0.15, -0.1) is 0 Å². The Balaban J connectivity index is 2.04. The van der Waals surface area contributed by atoms with Crippen LogP contribution in [0.1, 0.15) is 50.7 Å². The van der Waals surface area contributed by atoms with Crippen LogP contribution >= 0.6 is 0 Å². The first kappa shape index (κ1) is 13.7. The molecule has 1 aromatic carbocycles. The highest BCUT2D eigenvalue weighted by molar-refractivity contribution is 7.84. The maximum Gasteiger partial charge on any atom is 0.127 e. The maximum absolute atomic E-state index is 13.7. The summed E-state index contributed by atoms with van der Waals surface area (Å²) in [6, 6.07) is 5.28. The van der Waals surface area contributed by atoms with Crippen molar-refractivity contribution in [2.45, 2.75) is 50.8 Å². The molecule has 1 aromatic rings. The van der Waals surface area contributed by atoms with Gasteiger partial charge in [0, 0.05) is 12.1 Å². The van der Waals surface area contributed by atoms with Crippen LogP contribution in [-0.2, 0) is 17.5 Å². The second-order valence-corrected chi connectivity index (χ2v) is 7.88. The van der Waals surface area contributed by atoms with Crippen LogP contribution in [0.15, 0.2) is 18.2 Å². The molecule has 0 aliphatic heterocycles. The van der Waals surface area contributed by atoms with E-state index in [0.717, 1.165) is 0 Å². The average Bonchev–Trinajstić information content (AvgIpc) is 3.10. The number of benzene rings is 1. The fourth-order valence-corrected chi connectivity index (χ4v) is 2.48. The molecule has 1 aliphatic rings. The first-order chi connectivity index (χ1) is 8.38. The molecule has 1 N–H and O–H groups in total. The molecule has 0 radical (unpaired) electrons. The lowest BCUT2D eigenvalue weighted by atomic mass is 10.1. The van der Waals surface area contributed by atoms with Gasteiger partial charge in [-0.3, -0.25) is 0 Å². The Morgan fingerprint density at radius 2 is 2.06 bits per heavy atom. The summed E-state index contributed by atoms with van der Waals surface area (Å²) in [6.45, 7) is 6.00. The number of halogens is 1. The molecule has 0 spiro atoms. The first-order valence-electron chi connectivity index (χ1n) is 6.31. The normalized spacial score (nSPS) is 17.8. The number of hydrogen-bond donors (Lipinski definition) is 1. The molecule has 1 aliphatic carbocycles. The molecular weight excluding hydrogens is 249 g/mol. The van der Waals surface area contributed by atoms with Crippen molar-refractivity contribution >= 4 is 11.0 Å². The predicted octanol–water partition coefficient (Wildman–Crippen LogP) is 3.25. The molecule has 1 unspecified atom stereocenters. The van der Waals surface area contributed by atoms with Crippen molar-refractivity contribution in [2.75, 3.05) is 0 Å². The van der Waals surface area contributed by atoms with Crippen LogP contribution < -0.4 is 4.72 Å². The lowest BCUT2D eigenvalue weighted by Crippen LogP contribution is -2.33. The van der Waals surface area contributed by atoms with Crippen LogP contribution in [0, 0.1) is 5.82 Å². The van der Waals surface area contributed by atoms with Crippen LogP contribution in [0.25, 0.3) is 0 Å². The van der Waals surface area contributed by atoms with E-state index >= 15 is 0 Å². The minimum absolute atomic E-state index is 0.224. The molecule has 2 rings (SSSR count). The zero-order valence-electron chi connectivity index (χ0n) is 11.1.